The van der Waals surface area contributed by atoms with Crippen molar-refractivity contribution in [2.45, 2.75) is 77.5 Å². The Balaban J connectivity index is 1.97. The van der Waals surface area contributed by atoms with E-state index in [0.717, 1.165) is 44.2 Å². The molecule has 0 unspecified atom stereocenters. The number of amides is 2. The van der Waals surface area contributed by atoms with E-state index in [-0.39, 0.29) is 24.1 Å². The average Bonchev–Trinajstić information content (AvgIpc) is 2.98. The zero-order valence-electron chi connectivity index (χ0n) is 16.2. The second-order valence-electron chi connectivity index (χ2n) is 8.22. The Labute approximate surface area is 155 Å². The first-order valence-electron chi connectivity index (χ1n) is 9.52. The number of aromatic nitrogens is 1. The maximum atomic E-state index is 13.0. The Morgan fingerprint density at radius 1 is 1.23 bits per heavy atom. The molecule has 1 aromatic rings. The molecule has 1 aliphatic carbocycles. The number of ether oxygens (including phenoxy) is 1. The lowest BCUT2D eigenvalue weighted by Crippen LogP contribution is -2.48. The van der Waals surface area contributed by atoms with Gasteiger partial charge in [-0.25, -0.2) is 9.78 Å². The zero-order valence-corrected chi connectivity index (χ0v) is 16.2. The number of hydrogen-bond donors (Lipinski definition) is 0. The highest BCUT2D eigenvalue weighted by Crippen LogP contribution is 2.39. The summed E-state index contributed by atoms with van der Waals surface area (Å²) >= 11 is 0. The highest BCUT2D eigenvalue weighted by molar-refractivity contribution is 5.89. The molecule has 2 amide bonds. The van der Waals surface area contributed by atoms with Crippen molar-refractivity contribution in [3.05, 3.63) is 23.9 Å². The molecule has 2 heterocycles. The lowest BCUT2D eigenvalue weighted by atomic mass is 9.91. The Morgan fingerprint density at radius 3 is 2.54 bits per heavy atom. The third kappa shape index (κ3) is 3.84. The van der Waals surface area contributed by atoms with Gasteiger partial charge in [0.2, 0.25) is 5.91 Å². The summed E-state index contributed by atoms with van der Waals surface area (Å²) in [5, 5.41) is 0. The minimum atomic E-state index is -0.563. The molecule has 1 atom stereocenters. The van der Waals surface area contributed by atoms with Crippen LogP contribution in [0.25, 0.3) is 0 Å². The molecule has 6 nitrogen and oxygen atoms in total. The van der Waals surface area contributed by atoms with Gasteiger partial charge in [0.05, 0.1) is 6.04 Å². The maximum absolute atomic E-state index is 13.0. The third-order valence-corrected chi connectivity index (χ3v) is 5.09. The van der Waals surface area contributed by atoms with E-state index in [1.807, 2.05) is 37.8 Å². The average molecular weight is 359 g/mol. The summed E-state index contributed by atoms with van der Waals surface area (Å²) < 4.78 is 5.67. The largest absolute Gasteiger partial charge is 0.443 e. The molecule has 1 saturated heterocycles. The number of rotatable bonds is 3. The van der Waals surface area contributed by atoms with Crippen LogP contribution >= 0.6 is 0 Å². The van der Waals surface area contributed by atoms with E-state index in [0.29, 0.717) is 5.82 Å². The number of likely N-dealkylation sites (tertiary alicyclic amines) is 1. The molecule has 1 saturated carbocycles. The molecule has 2 aliphatic rings. The molecule has 0 radical (unpaired) electrons. The Bertz CT molecular complexity index is 679. The number of carbonyl (C=O) groups excluding carboxylic acids is 2. The molecular formula is C20H29N3O3. The lowest BCUT2D eigenvalue weighted by molar-refractivity contribution is -0.129. The van der Waals surface area contributed by atoms with E-state index < -0.39 is 5.60 Å². The van der Waals surface area contributed by atoms with Crippen molar-refractivity contribution in [2.24, 2.45) is 0 Å². The summed E-state index contributed by atoms with van der Waals surface area (Å²) in [6.07, 6.45) is 6.23. The lowest BCUT2D eigenvalue weighted by Gasteiger charge is -2.39. The van der Waals surface area contributed by atoms with Crippen LogP contribution in [0, 0.1) is 0 Å². The van der Waals surface area contributed by atoms with Crippen molar-refractivity contribution in [1.82, 2.24) is 9.88 Å². The number of hydrogen-bond acceptors (Lipinski definition) is 4. The molecular weight excluding hydrogens is 330 g/mol. The van der Waals surface area contributed by atoms with Crippen molar-refractivity contribution < 1.29 is 14.3 Å². The topological polar surface area (TPSA) is 62.7 Å². The first-order valence-corrected chi connectivity index (χ1v) is 9.52. The van der Waals surface area contributed by atoms with Gasteiger partial charge in [0.15, 0.2) is 0 Å². The summed E-state index contributed by atoms with van der Waals surface area (Å²) in [5.41, 5.74) is 0.380. The highest BCUT2D eigenvalue weighted by Gasteiger charge is 2.38. The van der Waals surface area contributed by atoms with Crippen LogP contribution in [0.5, 0.6) is 0 Å². The molecule has 0 aromatic carbocycles. The van der Waals surface area contributed by atoms with Gasteiger partial charge in [-0.2, -0.15) is 0 Å². The molecule has 0 spiro atoms. The van der Waals surface area contributed by atoms with E-state index in [1.165, 1.54) is 0 Å². The van der Waals surface area contributed by atoms with Gasteiger partial charge in [-0.05, 0) is 58.9 Å². The Morgan fingerprint density at radius 2 is 1.96 bits per heavy atom. The Hall–Kier alpha value is -2.11. The van der Waals surface area contributed by atoms with Crippen molar-refractivity contribution >= 4 is 17.8 Å². The highest BCUT2D eigenvalue weighted by atomic mass is 16.6. The predicted octanol–water partition coefficient (Wildman–Crippen LogP) is 4.06. The summed E-state index contributed by atoms with van der Waals surface area (Å²) in [4.78, 5) is 33.2. The van der Waals surface area contributed by atoms with Crippen LogP contribution in [0.1, 0.15) is 71.4 Å². The molecule has 2 fully saturated rings. The number of pyridine rings is 1. The van der Waals surface area contributed by atoms with Crippen LogP contribution in [-0.2, 0) is 9.53 Å². The van der Waals surface area contributed by atoms with Gasteiger partial charge in [0.25, 0.3) is 0 Å². The second-order valence-corrected chi connectivity index (χ2v) is 8.22. The fourth-order valence-electron chi connectivity index (χ4n) is 3.70. The van der Waals surface area contributed by atoms with E-state index in [4.69, 9.17) is 4.74 Å². The first-order chi connectivity index (χ1) is 12.3. The van der Waals surface area contributed by atoms with Gasteiger partial charge in [0, 0.05) is 31.3 Å². The summed E-state index contributed by atoms with van der Waals surface area (Å²) in [6, 6.07) is 3.96. The summed E-state index contributed by atoms with van der Waals surface area (Å²) in [6.45, 7) is 7.98. The smallest absolute Gasteiger partial charge is 0.416 e. The minimum Gasteiger partial charge on any atom is -0.443 e. The normalized spacial score (nSPS) is 20.6. The second kappa shape index (κ2) is 7.25. The predicted molar refractivity (Wildman–Crippen MR) is 100.0 cm³/mol. The fraction of sp³-hybridized carbons (Fsp3) is 0.650. The number of anilines is 1. The van der Waals surface area contributed by atoms with Gasteiger partial charge >= 0.3 is 6.09 Å². The molecule has 1 aliphatic heterocycles. The minimum absolute atomic E-state index is 0.0267. The summed E-state index contributed by atoms with van der Waals surface area (Å²) in [5.74, 6) is 0.708. The molecule has 6 heteroatoms. The van der Waals surface area contributed by atoms with Crippen LogP contribution in [0.4, 0.5) is 10.6 Å². The van der Waals surface area contributed by atoms with E-state index in [1.54, 1.807) is 18.0 Å². The molecule has 0 bridgehead atoms. The SMILES string of the molecule is CC(=O)N1CCC[C@H]1c1cccnc1N(C(=O)OC(C)(C)C)C1CCC1. The van der Waals surface area contributed by atoms with Crippen molar-refractivity contribution in [3.63, 3.8) is 0 Å². The van der Waals surface area contributed by atoms with E-state index in [2.05, 4.69) is 4.98 Å². The molecule has 3 rings (SSSR count). The monoisotopic (exact) mass is 359 g/mol. The molecule has 142 valence electrons. The van der Waals surface area contributed by atoms with E-state index in [9.17, 15) is 9.59 Å². The van der Waals surface area contributed by atoms with Crippen molar-refractivity contribution in [2.75, 3.05) is 11.4 Å². The summed E-state index contributed by atoms with van der Waals surface area (Å²) in [7, 11) is 0. The number of nitrogens with zero attached hydrogens (tertiary/aromatic N) is 3. The zero-order chi connectivity index (χ0) is 18.9. The molecule has 26 heavy (non-hydrogen) atoms. The Kier molecular flexibility index (Phi) is 5.21. The first kappa shape index (κ1) is 18.7. The van der Waals surface area contributed by atoms with Gasteiger partial charge in [0.1, 0.15) is 11.4 Å². The van der Waals surface area contributed by atoms with E-state index >= 15 is 0 Å². The third-order valence-electron chi connectivity index (χ3n) is 5.09. The van der Waals surface area contributed by atoms with Gasteiger partial charge < -0.3 is 9.64 Å². The maximum Gasteiger partial charge on any atom is 0.416 e. The quantitative estimate of drug-likeness (QED) is 0.816. The van der Waals surface area contributed by atoms with Crippen LogP contribution in [0.2, 0.25) is 0 Å². The van der Waals surface area contributed by atoms with Gasteiger partial charge in [-0.3, -0.25) is 9.69 Å². The standard InChI is InChI=1S/C20H29N3O3/c1-14(24)22-13-7-11-17(22)16-10-6-12-21-18(16)23(15-8-5-9-15)19(25)26-20(2,3)4/h6,10,12,15,17H,5,7-9,11,13H2,1-4H3/t17-/m0/s1. The van der Waals surface area contributed by atoms with Crippen LogP contribution in [0.15, 0.2) is 18.3 Å². The van der Waals surface area contributed by atoms with Crippen LogP contribution < -0.4 is 4.90 Å². The molecule has 0 N–H and O–H groups in total. The van der Waals surface area contributed by atoms with Gasteiger partial charge in [-0.15, -0.1) is 0 Å². The van der Waals surface area contributed by atoms with Crippen molar-refractivity contribution in [3.8, 4) is 0 Å². The van der Waals surface area contributed by atoms with Gasteiger partial charge in [-0.1, -0.05) is 6.07 Å². The van der Waals surface area contributed by atoms with Crippen molar-refractivity contribution in [1.29, 1.82) is 0 Å². The van der Waals surface area contributed by atoms with Crippen LogP contribution in [-0.4, -0.2) is 40.1 Å². The van der Waals surface area contributed by atoms with Crippen LogP contribution in [0.3, 0.4) is 0 Å². The number of carbonyl (C=O) groups is 2. The fourth-order valence-corrected chi connectivity index (χ4v) is 3.70. The molecule has 1 aromatic heterocycles.